The lowest BCUT2D eigenvalue weighted by Crippen LogP contribution is -2.30. The van der Waals surface area contributed by atoms with Crippen molar-refractivity contribution in [1.29, 1.82) is 0 Å². The monoisotopic (exact) mass is 380 g/mol. The molecule has 28 heavy (non-hydrogen) atoms. The summed E-state index contributed by atoms with van der Waals surface area (Å²) in [6.45, 7) is 3.73. The van der Waals surface area contributed by atoms with Gasteiger partial charge in [0.25, 0.3) is 5.91 Å². The summed E-state index contributed by atoms with van der Waals surface area (Å²) in [4.78, 5) is 19.2. The Morgan fingerprint density at radius 1 is 1.25 bits per heavy atom. The zero-order chi connectivity index (χ0) is 19.3. The van der Waals surface area contributed by atoms with E-state index in [1.807, 2.05) is 21.7 Å². The lowest BCUT2D eigenvalue weighted by molar-refractivity contribution is 0.0580. The number of oxazole rings is 1. The third-order valence-corrected chi connectivity index (χ3v) is 5.96. The van der Waals surface area contributed by atoms with E-state index in [1.165, 1.54) is 6.42 Å². The van der Waals surface area contributed by atoms with Gasteiger partial charge in [0.1, 0.15) is 11.6 Å². The molecule has 1 fully saturated rings. The predicted octanol–water partition coefficient (Wildman–Crippen LogP) is 3.21. The first kappa shape index (κ1) is 17.4. The summed E-state index contributed by atoms with van der Waals surface area (Å²) in [6, 6.07) is 7.37. The van der Waals surface area contributed by atoms with Crippen molar-refractivity contribution in [2.45, 2.75) is 51.8 Å². The number of aliphatic hydroxyl groups is 1. The Morgan fingerprint density at radius 3 is 2.89 bits per heavy atom. The van der Waals surface area contributed by atoms with Gasteiger partial charge in [0.15, 0.2) is 11.5 Å². The van der Waals surface area contributed by atoms with Crippen LogP contribution in [0.2, 0.25) is 0 Å². The number of carbonyl (C=O) groups excluding carboxylic acids is 1. The second kappa shape index (κ2) is 6.74. The molecule has 2 aliphatic rings. The van der Waals surface area contributed by atoms with E-state index in [0.29, 0.717) is 36.0 Å². The fourth-order valence-corrected chi connectivity index (χ4v) is 4.15. The zero-order valence-electron chi connectivity index (χ0n) is 16.0. The summed E-state index contributed by atoms with van der Waals surface area (Å²) in [5.74, 6) is 0.900. The highest BCUT2D eigenvalue weighted by molar-refractivity contribution is 5.97. The number of aryl methyl sites for hydroxylation is 2. The van der Waals surface area contributed by atoms with Crippen LogP contribution in [-0.4, -0.2) is 37.2 Å². The molecule has 146 valence electrons. The van der Waals surface area contributed by atoms with Crippen LogP contribution in [-0.2, 0) is 13.1 Å². The molecule has 1 N–H and O–H groups in total. The number of hydrogen-bond acceptors (Lipinski definition) is 5. The number of hydrogen-bond donors (Lipinski definition) is 1. The summed E-state index contributed by atoms with van der Waals surface area (Å²) in [6.07, 6.45) is 3.67. The summed E-state index contributed by atoms with van der Waals surface area (Å²) < 4.78 is 7.52. The van der Waals surface area contributed by atoms with Gasteiger partial charge >= 0.3 is 0 Å². The van der Waals surface area contributed by atoms with Crippen molar-refractivity contribution in [3.8, 4) is 0 Å². The van der Waals surface area contributed by atoms with Crippen LogP contribution < -0.4 is 0 Å². The van der Waals surface area contributed by atoms with Gasteiger partial charge < -0.3 is 14.4 Å². The second-order valence-corrected chi connectivity index (χ2v) is 7.92. The number of amides is 1. The molecular weight excluding hydrogens is 356 g/mol. The number of benzene rings is 1. The van der Waals surface area contributed by atoms with Crippen LogP contribution in [0, 0.1) is 12.8 Å². The Bertz CT molecular complexity index is 1030. The SMILES string of the molecule is Cc1nc2ccc(C(=O)N3CCCn4nc([C@@H](O)C5CCC5)cc4C3)cc2o1. The molecule has 1 aromatic carbocycles. The third-order valence-electron chi connectivity index (χ3n) is 5.96. The summed E-state index contributed by atoms with van der Waals surface area (Å²) in [7, 11) is 0. The van der Waals surface area contributed by atoms with Crippen LogP contribution in [0.15, 0.2) is 28.7 Å². The highest BCUT2D eigenvalue weighted by Gasteiger charge is 2.30. The Morgan fingerprint density at radius 2 is 2.11 bits per heavy atom. The van der Waals surface area contributed by atoms with E-state index < -0.39 is 6.10 Å². The number of aromatic nitrogens is 3. The van der Waals surface area contributed by atoms with Crippen LogP contribution in [0.3, 0.4) is 0 Å². The fourth-order valence-electron chi connectivity index (χ4n) is 4.15. The van der Waals surface area contributed by atoms with Crippen LogP contribution >= 0.6 is 0 Å². The molecule has 0 unspecified atom stereocenters. The minimum atomic E-state index is -0.491. The largest absolute Gasteiger partial charge is 0.441 e. The summed E-state index contributed by atoms with van der Waals surface area (Å²) >= 11 is 0. The molecule has 1 atom stereocenters. The smallest absolute Gasteiger partial charge is 0.254 e. The standard InChI is InChI=1S/C21H24N4O3/c1-13-22-17-7-6-15(10-19(17)28-13)21(27)24-8-3-9-25-16(12-24)11-18(23-25)20(26)14-4-2-5-14/h6-7,10-11,14,20,26H,2-5,8-9,12H2,1H3/t20-/m0/s1. The molecule has 0 spiro atoms. The van der Waals surface area contributed by atoms with Crippen molar-refractivity contribution < 1.29 is 14.3 Å². The van der Waals surface area contributed by atoms with E-state index in [1.54, 1.807) is 19.1 Å². The van der Waals surface area contributed by atoms with Gasteiger partial charge in [-0.25, -0.2) is 4.98 Å². The van der Waals surface area contributed by atoms with Gasteiger partial charge in [0.05, 0.1) is 17.9 Å². The maximum Gasteiger partial charge on any atom is 0.254 e. The van der Waals surface area contributed by atoms with E-state index in [-0.39, 0.29) is 5.91 Å². The topological polar surface area (TPSA) is 84.4 Å². The minimum Gasteiger partial charge on any atom is -0.441 e. The molecule has 3 aromatic rings. The molecule has 1 aliphatic heterocycles. The van der Waals surface area contributed by atoms with Crippen LogP contribution in [0.4, 0.5) is 0 Å². The van der Waals surface area contributed by atoms with Crippen molar-refractivity contribution >= 4 is 17.0 Å². The third kappa shape index (κ3) is 2.99. The van der Waals surface area contributed by atoms with Crippen molar-refractivity contribution in [2.75, 3.05) is 6.54 Å². The van der Waals surface area contributed by atoms with Gasteiger partial charge in [0.2, 0.25) is 0 Å². The zero-order valence-corrected chi connectivity index (χ0v) is 16.0. The quantitative estimate of drug-likeness (QED) is 0.754. The number of aliphatic hydroxyl groups excluding tert-OH is 1. The Labute approximate surface area is 163 Å². The minimum absolute atomic E-state index is 0.0216. The molecule has 7 nitrogen and oxygen atoms in total. The Hall–Kier alpha value is -2.67. The number of carbonyl (C=O) groups is 1. The molecular formula is C21H24N4O3. The maximum atomic E-state index is 13.1. The highest BCUT2D eigenvalue weighted by atomic mass is 16.3. The number of nitrogens with zero attached hydrogens (tertiary/aromatic N) is 4. The molecule has 0 radical (unpaired) electrons. The molecule has 1 amide bonds. The van der Waals surface area contributed by atoms with E-state index in [2.05, 4.69) is 10.1 Å². The van der Waals surface area contributed by atoms with Crippen LogP contribution in [0.25, 0.3) is 11.1 Å². The number of fused-ring (bicyclic) bond motifs is 2. The number of rotatable bonds is 3. The predicted molar refractivity (Wildman–Crippen MR) is 103 cm³/mol. The maximum absolute atomic E-state index is 13.1. The lowest BCUT2D eigenvalue weighted by atomic mass is 9.80. The van der Waals surface area contributed by atoms with E-state index in [4.69, 9.17) is 4.42 Å². The van der Waals surface area contributed by atoms with Gasteiger partial charge in [0, 0.05) is 25.6 Å². The van der Waals surface area contributed by atoms with Gasteiger partial charge in [-0.05, 0) is 49.4 Å². The molecule has 2 aromatic heterocycles. The molecule has 7 heteroatoms. The lowest BCUT2D eigenvalue weighted by Gasteiger charge is -2.29. The van der Waals surface area contributed by atoms with Gasteiger partial charge in [-0.15, -0.1) is 0 Å². The summed E-state index contributed by atoms with van der Waals surface area (Å²) in [5, 5.41) is 15.2. The van der Waals surface area contributed by atoms with E-state index in [9.17, 15) is 9.90 Å². The van der Waals surface area contributed by atoms with E-state index >= 15 is 0 Å². The van der Waals surface area contributed by atoms with Crippen molar-refractivity contribution in [3.63, 3.8) is 0 Å². The first-order valence-electron chi connectivity index (χ1n) is 9.99. The average molecular weight is 380 g/mol. The van der Waals surface area contributed by atoms with Crippen molar-refractivity contribution in [2.24, 2.45) is 5.92 Å². The molecule has 5 rings (SSSR count). The first-order valence-corrected chi connectivity index (χ1v) is 9.99. The van der Waals surface area contributed by atoms with Crippen LogP contribution in [0.5, 0.6) is 0 Å². The van der Waals surface area contributed by atoms with E-state index in [0.717, 1.165) is 42.7 Å². The highest BCUT2D eigenvalue weighted by Crippen LogP contribution is 2.37. The van der Waals surface area contributed by atoms with Gasteiger partial charge in [-0.1, -0.05) is 6.42 Å². The Kier molecular flexibility index (Phi) is 4.19. The van der Waals surface area contributed by atoms with Crippen molar-refractivity contribution in [1.82, 2.24) is 19.7 Å². The normalized spacial score (nSPS) is 18.6. The van der Waals surface area contributed by atoms with Crippen molar-refractivity contribution in [3.05, 3.63) is 47.1 Å². The molecule has 1 aliphatic carbocycles. The molecule has 1 saturated carbocycles. The van der Waals surface area contributed by atoms with Gasteiger partial charge in [-0.2, -0.15) is 5.10 Å². The van der Waals surface area contributed by atoms with Crippen LogP contribution in [0.1, 0.15) is 59.4 Å². The average Bonchev–Trinajstić information content (AvgIpc) is 3.15. The molecule has 0 bridgehead atoms. The Balaban J connectivity index is 1.38. The van der Waals surface area contributed by atoms with Gasteiger partial charge in [-0.3, -0.25) is 9.48 Å². The summed E-state index contributed by atoms with van der Waals surface area (Å²) in [5.41, 5.74) is 3.72. The molecule has 0 saturated heterocycles. The second-order valence-electron chi connectivity index (χ2n) is 7.92. The molecule has 3 heterocycles. The first-order chi connectivity index (χ1) is 13.6. The fraction of sp³-hybridized carbons (Fsp3) is 0.476.